The molecule has 3 heteroatoms. The molecule has 0 spiro atoms. The van der Waals surface area contributed by atoms with Crippen LogP contribution >= 0.6 is 0 Å². The molecule has 58 valence electrons. The van der Waals surface area contributed by atoms with Crippen molar-refractivity contribution in [3.63, 3.8) is 0 Å². The van der Waals surface area contributed by atoms with Crippen molar-refractivity contribution in [1.82, 2.24) is 5.32 Å². The molecule has 1 saturated heterocycles. The second kappa shape index (κ2) is 3.12. The van der Waals surface area contributed by atoms with Crippen LogP contribution in [0, 0.1) is 0 Å². The number of nitrogens with one attached hydrogen (secondary N) is 1. The van der Waals surface area contributed by atoms with Crippen molar-refractivity contribution in [2.45, 2.75) is 31.8 Å². The summed E-state index contributed by atoms with van der Waals surface area (Å²) in [5, 5.41) is 3.12. The zero-order valence-electron chi connectivity index (χ0n) is 6.26. The molecule has 0 aliphatic carbocycles. The van der Waals surface area contributed by atoms with Crippen LogP contribution in [0.15, 0.2) is 0 Å². The average Bonchev–Trinajstić information content (AvgIpc) is 1.88. The highest BCUT2D eigenvalue weighted by Gasteiger charge is 2.21. The Labute approximate surface area is 61.0 Å². The minimum Gasteiger partial charge on any atom is -0.328 e. The first-order valence-electron chi connectivity index (χ1n) is 3.69. The molecule has 0 radical (unpaired) electrons. The van der Waals surface area contributed by atoms with Crippen LogP contribution in [0.3, 0.4) is 0 Å². The molecule has 2 unspecified atom stereocenters. The van der Waals surface area contributed by atoms with Crippen LogP contribution in [-0.2, 0) is 4.79 Å². The molecule has 0 amide bonds. The second-order valence-corrected chi connectivity index (χ2v) is 2.90. The van der Waals surface area contributed by atoms with Crippen LogP contribution in [0.5, 0.6) is 0 Å². The van der Waals surface area contributed by atoms with Crippen LogP contribution in [0.4, 0.5) is 0 Å². The van der Waals surface area contributed by atoms with Gasteiger partial charge in [-0.2, -0.15) is 0 Å². The number of rotatable bonds is 1. The van der Waals surface area contributed by atoms with Gasteiger partial charge in [0.2, 0.25) is 0 Å². The lowest BCUT2D eigenvalue weighted by atomic mass is 9.98. The van der Waals surface area contributed by atoms with E-state index in [2.05, 4.69) is 5.32 Å². The monoisotopic (exact) mass is 142 g/mol. The fourth-order valence-electron chi connectivity index (χ4n) is 1.26. The average molecular weight is 142 g/mol. The highest BCUT2D eigenvalue weighted by Crippen LogP contribution is 2.06. The van der Waals surface area contributed by atoms with Gasteiger partial charge < -0.3 is 11.1 Å². The third-order valence-electron chi connectivity index (χ3n) is 1.94. The number of carbonyl (C=O) groups excluding carboxylic acids is 1. The van der Waals surface area contributed by atoms with Gasteiger partial charge in [0.25, 0.3) is 0 Å². The van der Waals surface area contributed by atoms with Gasteiger partial charge in [-0.3, -0.25) is 4.79 Å². The van der Waals surface area contributed by atoms with Gasteiger partial charge in [-0.05, 0) is 26.3 Å². The molecule has 0 bridgehead atoms. The Morgan fingerprint density at radius 2 is 2.40 bits per heavy atom. The first kappa shape index (κ1) is 7.69. The highest BCUT2D eigenvalue weighted by atomic mass is 16.1. The van der Waals surface area contributed by atoms with E-state index in [1.54, 1.807) is 6.92 Å². The second-order valence-electron chi connectivity index (χ2n) is 2.90. The molecule has 0 aromatic carbocycles. The molecular formula is C7H14N2O. The van der Waals surface area contributed by atoms with Gasteiger partial charge in [0.05, 0.1) is 6.04 Å². The van der Waals surface area contributed by atoms with Crippen molar-refractivity contribution in [3.05, 3.63) is 0 Å². The molecule has 1 heterocycles. The lowest BCUT2D eigenvalue weighted by molar-refractivity contribution is -0.119. The lowest BCUT2D eigenvalue weighted by Gasteiger charge is -2.25. The Bertz CT molecular complexity index is 136. The van der Waals surface area contributed by atoms with Crippen LogP contribution in [0.25, 0.3) is 0 Å². The molecule has 0 aromatic heterocycles. The van der Waals surface area contributed by atoms with Crippen molar-refractivity contribution in [1.29, 1.82) is 0 Å². The van der Waals surface area contributed by atoms with E-state index in [-0.39, 0.29) is 17.9 Å². The molecule has 2 atom stereocenters. The van der Waals surface area contributed by atoms with Crippen LogP contribution in [0.2, 0.25) is 0 Å². The Kier molecular flexibility index (Phi) is 2.40. The molecule has 0 aromatic rings. The van der Waals surface area contributed by atoms with E-state index < -0.39 is 0 Å². The Hall–Kier alpha value is -0.410. The lowest BCUT2D eigenvalue weighted by Crippen LogP contribution is -2.47. The van der Waals surface area contributed by atoms with Crippen molar-refractivity contribution in [2.24, 2.45) is 5.73 Å². The number of hydrogen-bond acceptors (Lipinski definition) is 3. The number of piperidine rings is 1. The summed E-state index contributed by atoms with van der Waals surface area (Å²) in [6, 6.07) is 0.235. The molecule has 0 saturated carbocycles. The maximum absolute atomic E-state index is 10.8. The van der Waals surface area contributed by atoms with E-state index in [0.29, 0.717) is 0 Å². The highest BCUT2D eigenvalue weighted by molar-refractivity contribution is 5.81. The first-order chi connectivity index (χ1) is 4.70. The number of Topliss-reactive ketones (excluding diaryl/α,β-unsaturated/α-hetero) is 1. The van der Waals surface area contributed by atoms with Crippen molar-refractivity contribution in [2.75, 3.05) is 6.54 Å². The molecule has 1 fully saturated rings. The van der Waals surface area contributed by atoms with Gasteiger partial charge in [-0.1, -0.05) is 0 Å². The quantitative estimate of drug-likeness (QED) is 0.526. The fraction of sp³-hybridized carbons (Fsp3) is 0.857. The zero-order valence-corrected chi connectivity index (χ0v) is 6.26. The third kappa shape index (κ3) is 1.78. The summed E-state index contributed by atoms with van der Waals surface area (Å²) in [4.78, 5) is 10.8. The Balaban J connectivity index is 2.39. The summed E-state index contributed by atoms with van der Waals surface area (Å²) in [7, 11) is 0. The number of nitrogens with two attached hydrogens (primary N) is 1. The third-order valence-corrected chi connectivity index (χ3v) is 1.94. The van der Waals surface area contributed by atoms with E-state index in [4.69, 9.17) is 5.73 Å². The van der Waals surface area contributed by atoms with Gasteiger partial charge in [0.1, 0.15) is 5.78 Å². The molecular weight excluding hydrogens is 128 g/mol. The smallest absolute Gasteiger partial charge is 0.146 e. The molecule has 3 nitrogen and oxygen atoms in total. The van der Waals surface area contributed by atoms with E-state index in [9.17, 15) is 4.79 Å². The molecule has 10 heavy (non-hydrogen) atoms. The number of hydrogen-bond donors (Lipinski definition) is 2. The van der Waals surface area contributed by atoms with Gasteiger partial charge in [0, 0.05) is 6.04 Å². The largest absolute Gasteiger partial charge is 0.328 e. The fourth-order valence-corrected chi connectivity index (χ4v) is 1.26. The molecule has 3 N–H and O–H groups in total. The van der Waals surface area contributed by atoms with E-state index >= 15 is 0 Å². The predicted molar refractivity (Wildman–Crippen MR) is 39.7 cm³/mol. The predicted octanol–water partition coefficient (Wildman–Crippen LogP) is -0.345. The summed E-state index contributed by atoms with van der Waals surface area (Å²) in [5.74, 6) is 0.204. The summed E-state index contributed by atoms with van der Waals surface area (Å²) in [6.07, 6.45) is 1.79. The summed E-state index contributed by atoms with van der Waals surface area (Å²) in [6.45, 7) is 2.49. The summed E-state index contributed by atoms with van der Waals surface area (Å²) < 4.78 is 0. The number of carbonyl (C=O) groups is 1. The summed E-state index contributed by atoms with van der Waals surface area (Å²) >= 11 is 0. The maximum atomic E-state index is 10.8. The molecule has 1 rings (SSSR count). The van der Waals surface area contributed by atoms with Crippen molar-refractivity contribution < 1.29 is 4.79 Å². The van der Waals surface area contributed by atoms with Crippen LogP contribution in [0.1, 0.15) is 19.8 Å². The van der Waals surface area contributed by atoms with Crippen molar-refractivity contribution >= 4 is 5.78 Å². The van der Waals surface area contributed by atoms with E-state index in [0.717, 1.165) is 19.4 Å². The Morgan fingerprint density at radius 3 is 2.80 bits per heavy atom. The minimum absolute atomic E-state index is 0.0174. The van der Waals surface area contributed by atoms with E-state index in [1.807, 2.05) is 0 Å². The SMILES string of the molecule is CC(=O)C1CC(N)CCN1. The van der Waals surface area contributed by atoms with Crippen molar-refractivity contribution in [3.8, 4) is 0 Å². The topological polar surface area (TPSA) is 55.1 Å². The van der Waals surface area contributed by atoms with Gasteiger partial charge in [0.15, 0.2) is 0 Å². The maximum Gasteiger partial charge on any atom is 0.146 e. The Morgan fingerprint density at radius 1 is 1.70 bits per heavy atom. The summed E-state index contributed by atoms with van der Waals surface area (Å²) in [5.41, 5.74) is 5.67. The normalized spacial score (nSPS) is 33.8. The van der Waals surface area contributed by atoms with E-state index in [1.165, 1.54) is 0 Å². The van der Waals surface area contributed by atoms with Crippen LogP contribution < -0.4 is 11.1 Å². The minimum atomic E-state index is 0.0174. The van der Waals surface area contributed by atoms with Crippen LogP contribution in [-0.4, -0.2) is 24.4 Å². The van der Waals surface area contributed by atoms with Gasteiger partial charge >= 0.3 is 0 Å². The zero-order chi connectivity index (χ0) is 7.56. The molecule has 1 aliphatic heterocycles. The standard InChI is InChI=1S/C7H14N2O/c1-5(10)7-4-6(8)2-3-9-7/h6-7,9H,2-4,8H2,1H3. The first-order valence-corrected chi connectivity index (χ1v) is 3.69. The van der Waals surface area contributed by atoms with Gasteiger partial charge in [-0.25, -0.2) is 0 Å². The number of ketones is 1. The van der Waals surface area contributed by atoms with Gasteiger partial charge in [-0.15, -0.1) is 0 Å². The molecule has 1 aliphatic rings.